The van der Waals surface area contributed by atoms with E-state index in [4.69, 9.17) is 4.74 Å². The average molecular weight is 653 g/mol. The van der Waals surface area contributed by atoms with Gasteiger partial charge in [0.05, 0.1) is 12.1 Å². The van der Waals surface area contributed by atoms with E-state index in [1.807, 2.05) is 0 Å². The second-order valence-corrected chi connectivity index (χ2v) is 14.2. The quantitative estimate of drug-likeness (QED) is 0.150. The zero-order valence-electron chi connectivity index (χ0n) is 31.4. The zero-order chi connectivity index (χ0) is 35.3. The molecule has 4 aromatic heterocycles. The highest BCUT2D eigenvalue weighted by Crippen LogP contribution is 2.37. The molecule has 0 fully saturated rings. The number of ether oxygens (including phenoxy) is 1. The fourth-order valence-electron chi connectivity index (χ4n) is 7.39. The first kappa shape index (κ1) is 34.0. The molecule has 2 aromatic carbocycles. The summed E-state index contributed by atoms with van der Waals surface area (Å²) in [5, 5.41) is 0. The van der Waals surface area contributed by atoms with Gasteiger partial charge in [0.25, 0.3) is 0 Å². The van der Waals surface area contributed by atoms with Gasteiger partial charge in [0.15, 0.2) is 0 Å². The molecule has 0 amide bonds. The minimum absolute atomic E-state index is 0.401. The van der Waals surface area contributed by atoms with Crippen LogP contribution in [0.15, 0.2) is 84.9 Å². The molecule has 0 bridgehead atoms. The summed E-state index contributed by atoms with van der Waals surface area (Å²) < 4.78 is 16.1. The molecule has 0 N–H and O–H groups in total. The summed E-state index contributed by atoms with van der Waals surface area (Å²) in [6.45, 7) is 22.5. The number of para-hydroxylation sites is 2. The highest BCUT2D eigenvalue weighted by molar-refractivity contribution is 5.68. The summed E-state index contributed by atoms with van der Waals surface area (Å²) in [5.41, 5.74) is 17.4. The van der Waals surface area contributed by atoms with Gasteiger partial charge in [0.2, 0.25) is 11.4 Å². The van der Waals surface area contributed by atoms with Crippen molar-refractivity contribution in [2.24, 2.45) is 14.1 Å². The number of rotatable bonds is 8. The van der Waals surface area contributed by atoms with Gasteiger partial charge in [-0.25, -0.2) is 0 Å². The molecule has 0 unspecified atom stereocenters. The zero-order valence-corrected chi connectivity index (χ0v) is 31.4. The third-order valence-electron chi connectivity index (χ3n) is 10.7. The third kappa shape index (κ3) is 5.69. The Morgan fingerprint density at radius 1 is 0.469 bits per heavy atom. The molecule has 0 saturated heterocycles. The number of aromatic nitrogens is 4. The van der Waals surface area contributed by atoms with Crippen molar-refractivity contribution in [2.45, 2.75) is 81.1 Å². The highest BCUT2D eigenvalue weighted by atomic mass is 16.5. The van der Waals surface area contributed by atoms with Crippen LogP contribution in [-0.4, -0.2) is 9.13 Å². The van der Waals surface area contributed by atoms with E-state index < -0.39 is 0 Å². The van der Waals surface area contributed by atoms with Crippen molar-refractivity contribution in [1.82, 2.24) is 9.13 Å². The van der Waals surface area contributed by atoms with Gasteiger partial charge in [-0.1, -0.05) is 64.1 Å². The smallest absolute Gasteiger partial charge is 0.348 e. The minimum atomic E-state index is 0.401. The van der Waals surface area contributed by atoms with Gasteiger partial charge in [-0.2, -0.15) is 9.13 Å². The maximum Gasteiger partial charge on any atom is 0.377 e. The van der Waals surface area contributed by atoms with Crippen LogP contribution in [-0.2, 0) is 14.1 Å². The number of hydrogen-bond donors (Lipinski definition) is 0. The molecule has 252 valence electrons. The fourth-order valence-corrected chi connectivity index (χ4v) is 7.39. The van der Waals surface area contributed by atoms with Gasteiger partial charge in [0, 0.05) is 34.9 Å². The Morgan fingerprint density at radius 3 is 1.20 bits per heavy atom. The Balaban J connectivity index is 1.48. The van der Waals surface area contributed by atoms with E-state index in [9.17, 15) is 0 Å². The van der Waals surface area contributed by atoms with Gasteiger partial charge in [-0.15, -0.1) is 0 Å². The van der Waals surface area contributed by atoms with Gasteiger partial charge in [-0.3, -0.25) is 0 Å². The normalized spacial score (nSPS) is 11.6. The fraction of sp³-hybridized carbons (Fsp3) is 0.318. The van der Waals surface area contributed by atoms with Crippen LogP contribution in [0.25, 0.3) is 34.2 Å². The van der Waals surface area contributed by atoms with Crippen molar-refractivity contribution in [2.75, 3.05) is 0 Å². The molecule has 0 saturated carbocycles. The first-order chi connectivity index (χ1) is 23.3. The highest BCUT2D eigenvalue weighted by Gasteiger charge is 2.30. The summed E-state index contributed by atoms with van der Waals surface area (Å²) in [7, 11) is 4.21. The molecule has 0 atom stereocenters. The van der Waals surface area contributed by atoms with Crippen LogP contribution in [0.2, 0.25) is 0 Å². The molecule has 0 aliphatic heterocycles. The molecule has 6 rings (SSSR count). The van der Waals surface area contributed by atoms with Crippen LogP contribution in [0.3, 0.4) is 0 Å². The molecule has 49 heavy (non-hydrogen) atoms. The maximum absolute atomic E-state index is 6.84. The van der Waals surface area contributed by atoms with Gasteiger partial charge in [0.1, 0.15) is 25.5 Å². The third-order valence-corrected chi connectivity index (χ3v) is 10.7. The first-order valence-corrected chi connectivity index (χ1v) is 17.6. The molecule has 6 aromatic rings. The van der Waals surface area contributed by atoms with E-state index in [0.29, 0.717) is 11.8 Å². The Bertz CT molecular complexity index is 2040. The lowest BCUT2D eigenvalue weighted by atomic mass is 10.0. The molecule has 0 aliphatic rings. The number of pyridine rings is 2. The maximum atomic E-state index is 6.84. The van der Waals surface area contributed by atoms with Crippen LogP contribution in [0.4, 0.5) is 0 Å². The molecule has 5 nitrogen and oxygen atoms in total. The first-order valence-electron chi connectivity index (χ1n) is 17.6. The van der Waals surface area contributed by atoms with Crippen molar-refractivity contribution < 1.29 is 13.9 Å². The van der Waals surface area contributed by atoms with Gasteiger partial charge < -0.3 is 13.9 Å². The van der Waals surface area contributed by atoms with Crippen LogP contribution >= 0.6 is 0 Å². The van der Waals surface area contributed by atoms with E-state index in [0.717, 1.165) is 23.1 Å². The molecule has 0 spiro atoms. The van der Waals surface area contributed by atoms with Gasteiger partial charge >= 0.3 is 11.8 Å². The van der Waals surface area contributed by atoms with E-state index in [2.05, 4.69) is 187 Å². The summed E-state index contributed by atoms with van der Waals surface area (Å²) in [6.07, 6.45) is 0. The predicted molar refractivity (Wildman–Crippen MR) is 201 cm³/mol. The number of benzene rings is 2. The molecule has 4 heterocycles. The van der Waals surface area contributed by atoms with Crippen molar-refractivity contribution in [3.8, 4) is 45.9 Å². The monoisotopic (exact) mass is 652 g/mol. The van der Waals surface area contributed by atoms with Crippen LogP contribution in [0.1, 0.15) is 84.3 Å². The molecular formula is C44H52N4O+2. The molecule has 0 radical (unpaired) electrons. The molecule has 5 heteroatoms. The Kier molecular flexibility index (Phi) is 9.15. The molecular weight excluding hydrogens is 601 g/mol. The topological polar surface area (TPSA) is 26.8 Å². The van der Waals surface area contributed by atoms with Crippen LogP contribution < -0.4 is 13.9 Å². The largest absolute Gasteiger partial charge is 0.377 e. The van der Waals surface area contributed by atoms with Gasteiger partial charge in [-0.05, 0) is 111 Å². The minimum Gasteiger partial charge on any atom is -0.348 e. The number of nitrogens with zero attached hydrogens (tertiary/aromatic N) is 4. The summed E-state index contributed by atoms with van der Waals surface area (Å²) in [5.74, 6) is 2.35. The predicted octanol–water partition coefficient (Wildman–Crippen LogP) is 10.1. The van der Waals surface area contributed by atoms with E-state index in [-0.39, 0.29) is 0 Å². The lowest BCUT2D eigenvalue weighted by Gasteiger charge is -2.18. The van der Waals surface area contributed by atoms with Crippen molar-refractivity contribution in [1.29, 1.82) is 0 Å². The average Bonchev–Trinajstić information content (AvgIpc) is 3.45. The second-order valence-electron chi connectivity index (χ2n) is 14.2. The van der Waals surface area contributed by atoms with E-state index >= 15 is 0 Å². The summed E-state index contributed by atoms with van der Waals surface area (Å²) >= 11 is 0. The van der Waals surface area contributed by atoms with E-state index in [1.54, 1.807) is 0 Å². The van der Waals surface area contributed by atoms with Crippen molar-refractivity contribution in [3.05, 3.63) is 130 Å². The lowest BCUT2D eigenvalue weighted by Crippen LogP contribution is -2.37. The van der Waals surface area contributed by atoms with E-state index in [1.165, 1.54) is 67.5 Å². The van der Waals surface area contributed by atoms with Crippen LogP contribution in [0.5, 0.6) is 11.8 Å². The SMILES string of the molecule is Cc1c(C)c(-c2cccc(Oc3cccc(-c4c(C)c(C)c(C)n4-c4ccccc4C(C)C)[n+]3C)[n+]2C)n(-c2ccccc2C(C)C)c1C. The van der Waals surface area contributed by atoms with Crippen molar-refractivity contribution >= 4 is 0 Å². The second kappa shape index (κ2) is 13.2. The summed E-state index contributed by atoms with van der Waals surface area (Å²) in [4.78, 5) is 0. The Hall–Kier alpha value is -4.90. The number of hydrogen-bond acceptors (Lipinski definition) is 1. The summed E-state index contributed by atoms with van der Waals surface area (Å²) in [6, 6.07) is 30.3. The standard InChI is InChI=1S/C44H52N4O/c1-27(2)35-19-13-15-21-37(35)47-33(9)29(5)31(7)43(47)39-23-17-25-41(45(39)11)49-42-26-18-24-40(46(42)12)44-32(8)30(6)34(10)48(44)38-22-16-14-20-36(38)28(3)4/h13-28H,1-12H3/q+2. The lowest BCUT2D eigenvalue weighted by molar-refractivity contribution is -0.685. The molecule has 0 aliphatic carbocycles. The van der Waals surface area contributed by atoms with Crippen LogP contribution in [0, 0.1) is 41.5 Å². The van der Waals surface area contributed by atoms with Crippen molar-refractivity contribution in [3.63, 3.8) is 0 Å². The Morgan fingerprint density at radius 2 is 0.837 bits per heavy atom. The Labute approximate surface area is 293 Å².